The van der Waals surface area contributed by atoms with E-state index in [4.69, 9.17) is 16.0 Å². The van der Waals surface area contributed by atoms with E-state index in [1.54, 1.807) is 6.07 Å². The fraction of sp³-hybridized carbons (Fsp3) is 0.273. The summed E-state index contributed by atoms with van der Waals surface area (Å²) < 4.78 is 5.78. The summed E-state index contributed by atoms with van der Waals surface area (Å²) in [6.45, 7) is 6.11. The van der Waals surface area contributed by atoms with Crippen LogP contribution in [0.5, 0.6) is 0 Å². The van der Waals surface area contributed by atoms with Crippen molar-refractivity contribution < 1.29 is 14.0 Å². The van der Waals surface area contributed by atoms with Crippen LogP contribution in [0.3, 0.4) is 0 Å². The van der Waals surface area contributed by atoms with E-state index in [1.165, 1.54) is 4.90 Å². The molecule has 1 N–H and O–H groups in total. The number of fused-ring (bicyclic) bond motifs is 1. The summed E-state index contributed by atoms with van der Waals surface area (Å²) in [7, 11) is 0. The zero-order chi connectivity index (χ0) is 20.3. The van der Waals surface area contributed by atoms with Crippen LogP contribution in [0.25, 0.3) is 11.0 Å². The molecule has 2 amide bonds. The number of halogens is 1. The van der Waals surface area contributed by atoms with E-state index in [9.17, 15) is 9.59 Å². The maximum Gasteiger partial charge on any atom is 0.290 e. The molecule has 0 fully saturated rings. The number of nitrogens with zero attached hydrogens (tertiary/aromatic N) is 1. The molecule has 6 heteroatoms. The van der Waals surface area contributed by atoms with Gasteiger partial charge in [0.1, 0.15) is 6.54 Å². The van der Waals surface area contributed by atoms with Crippen LogP contribution < -0.4 is 5.32 Å². The number of para-hydroxylation sites is 2. The van der Waals surface area contributed by atoms with Crippen molar-refractivity contribution in [2.24, 2.45) is 0 Å². The molecule has 2 aromatic carbocycles. The van der Waals surface area contributed by atoms with E-state index in [0.717, 1.165) is 28.6 Å². The van der Waals surface area contributed by atoms with E-state index in [-0.39, 0.29) is 24.1 Å². The van der Waals surface area contributed by atoms with E-state index in [0.29, 0.717) is 17.2 Å². The topological polar surface area (TPSA) is 62.6 Å². The second kappa shape index (κ2) is 8.48. The van der Waals surface area contributed by atoms with E-state index in [1.807, 2.05) is 57.2 Å². The Balaban J connectivity index is 1.83. The number of carbonyl (C=O) groups is 2. The molecule has 0 spiro atoms. The molecule has 3 rings (SSSR count). The molecule has 3 aromatic rings. The van der Waals surface area contributed by atoms with Crippen LogP contribution in [0.2, 0.25) is 5.02 Å². The first-order valence-electron chi connectivity index (χ1n) is 9.24. The van der Waals surface area contributed by atoms with Gasteiger partial charge in [0.25, 0.3) is 5.91 Å². The molecule has 0 aliphatic rings. The second-order valence-electron chi connectivity index (χ2n) is 6.76. The SMILES string of the molecule is CCCN(CC(=O)Nc1ccccc1C)C(=O)c1oc2c(Cl)cccc2c1C. The summed E-state index contributed by atoms with van der Waals surface area (Å²) >= 11 is 6.19. The minimum Gasteiger partial charge on any atom is -0.449 e. The van der Waals surface area contributed by atoms with E-state index in [2.05, 4.69) is 5.32 Å². The first-order valence-corrected chi connectivity index (χ1v) is 9.62. The van der Waals surface area contributed by atoms with Crippen molar-refractivity contribution in [3.63, 3.8) is 0 Å². The Morgan fingerprint density at radius 2 is 1.86 bits per heavy atom. The Kier molecular flexibility index (Phi) is 6.05. The van der Waals surface area contributed by atoms with Crippen LogP contribution in [-0.4, -0.2) is 29.8 Å². The molecule has 0 aliphatic heterocycles. The number of hydrogen-bond donors (Lipinski definition) is 1. The van der Waals surface area contributed by atoms with Gasteiger partial charge >= 0.3 is 0 Å². The number of aryl methyl sites for hydroxylation is 2. The van der Waals surface area contributed by atoms with Gasteiger partial charge in [-0.2, -0.15) is 0 Å². The van der Waals surface area contributed by atoms with Crippen molar-refractivity contribution in [3.05, 3.63) is 64.4 Å². The Bertz CT molecular complexity index is 1030. The van der Waals surface area contributed by atoms with E-state index < -0.39 is 0 Å². The predicted octanol–water partition coefficient (Wildman–Crippen LogP) is 5.19. The molecule has 0 saturated carbocycles. The summed E-state index contributed by atoms with van der Waals surface area (Å²) in [5.41, 5.74) is 2.92. The number of furan rings is 1. The van der Waals surface area contributed by atoms with Gasteiger partial charge in [0.2, 0.25) is 5.91 Å². The summed E-state index contributed by atoms with van der Waals surface area (Å²) in [4.78, 5) is 27.1. The highest BCUT2D eigenvalue weighted by atomic mass is 35.5. The lowest BCUT2D eigenvalue weighted by Gasteiger charge is -2.21. The Morgan fingerprint density at radius 3 is 2.54 bits per heavy atom. The Morgan fingerprint density at radius 1 is 1.11 bits per heavy atom. The van der Waals surface area contributed by atoms with Gasteiger partial charge in [-0.05, 0) is 38.0 Å². The largest absolute Gasteiger partial charge is 0.449 e. The summed E-state index contributed by atoms with van der Waals surface area (Å²) in [6.07, 6.45) is 0.726. The van der Waals surface area contributed by atoms with Gasteiger partial charge in [-0.3, -0.25) is 9.59 Å². The lowest BCUT2D eigenvalue weighted by Crippen LogP contribution is -2.38. The molecule has 0 bridgehead atoms. The molecule has 0 atom stereocenters. The molecular formula is C22H23ClN2O3. The normalized spacial score (nSPS) is 10.9. The quantitative estimate of drug-likeness (QED) is 0.621. The van der Waals surface area contributed by atoms with Gasteiger partial charge in [-0.15, -0.1) is 0 Å². The van der Waals surface area contributed by atoms with Gasteiger partial charge < -0.3 is 14.6 Å². The van der Waals surface area contributed by atoms with Crippen LogP contribution in [-0.2, 0) is 4.79 Å². The highest BCUT2D eigenvalue weighted by molar-refractivity contribution is 6.35. The number of hydrogen-bond acceptors (Lipinski definition) is 3. The van der Waals surface area contributed by atoms with Crippen molar-refractivity contribution in [2.75, 3.05) is 18.4 Å². The monoisotopic (exact) mass is 398 g/mol. The maximum atomic E-state index is 13.1. The third kappa shape index (κ3) is 4.04. The molecule has 0 radical (unpaired) electrons. The van der Waals surface area contributed by atoms with Crippen molar-refractivity contribution in [1.29, 1.82) is 0 Å². The van der Waals surface area contributed by atoms with Crippen LogP contribution >= 0.6 is 11.6 Å². The zero-order valence-electron chi connectivity index (χ0n) is 16.2. The fourth-order valence-corrected chi connectivity index (χ4v) is 3.37. The number of carbonyl (C=O) groups excluding carboxylic acids is 2. The molecular weight excluding hydrogens is 376 g/mol. The number of benzene rings is 2. The number of rotatable bonds is 6. The van der Waals surface area contributed by atoms with Crippen LogP contribution in [0.1, 0.15) is 35.0 Å². The third-order valence-corrected chi connectivity index (χ3v) is 4.94. The van der Waals surface area contributed by atoms with Crippen LogP contribution in [0.15, 0.2) is 46.9 Å². The van der Waals surface area contributed by atoms with Gasteiger partial charge in [0.15, 0.2) is 11.3 Å². The third-order valence-electron chi connectivity index (χ3n) is 4.64. The Labute approximate surface area is 169 Å². The summed E-state index contributed by atoms with van der Waals surface area (Å²) in [5, 5.41) is 4.13. The lowest BCUT2D eigenvalue weighted by atomic mass is 10.1. The van der Waals surface area contributed by atoms with Crippen molar-refractivity contribution in [3.8, 4) is 0 Å². The molecule has 0 aliphatic carbocycles. The highest BCUT2D eigenvalue weighted by Crippen LogP contribution is 2.31. The molecule has 1 aromatic heterocycles. The molecule has 0 unspecified atom stereocenters. The number of anilines is 1. The predicted molar refractivity (Wildman–Crippen MR) is 112 cm³/mol. The highest BCUT2D eigenvalue weighted by Gasteiger charge is 2.25. The minimum atomic E-state index is -0.313. The first-order chi connectivity index (χ1) is 13.4. The summed E-state index contributed by atoms with van der Waals surface area (Å²) in [6, 6.07) is 12.9. The molecule has 1 heterocycles. The van der Waals surface area contributed by atoms with Crippen LogP contribution in [0, 0.1) is 13.8 Å². The van der Waals surface area contributed by atoms with E-state index >= 15 is 0 Å². The van der Waals surface area contributed by atoms with Crippen LogP contribution in [0.4, 0.5) is 5.69 Å². The number of nitrogens with one attached hydrogen (secondary N) is 1. The van der Waals surface area contributed by atoms with Crippen molar-refractivity contribution in [2.45, 2.75) is 27.2 Å². The maximum absolute atomic E-state index is 13.1. The molecule has 0 saturated heterocycles. The van der Waals surface area contributed by atoms with Gasteiger partial charge in [-0.1, -0.05) is 48.9 Å². The number of amides is 2. The first kappa shape index (κ1) is 20.0. The second-order valence-corrected chi connectivity index (χ2v) is 7.17. The smallest absolute Gasteiger partial charge is 0.290 e. The Hall–Kier alpha value is -2.79. The standard InChI is InChI=1S/C22H23ClN2O3/c1-4-12-25(13-19(26)24-18-11-6-5-8-14(18)2)22(27)20-15(3)16-9-7-10-17(23)21(16)28-20/h5-11H,4,12-13H2,1-3H3,(H,24,26). The minimum absolute atomic E-state index is 0.0504. The van der Waals surface area contributed by atoms with Crippen molar-refractivity contribution >= 4 is 40.1 Å². The fourth-order valence-electron chi connectivity index (χ4n) is 3.16. The van der Waals surface area contributed by atoms with Gasteiger partial charge in [0, 0.05) is 23.2 Å². The van der Waals surface area contributed by atoms with Gasteiger partial charge in [-0.25, -0.2) is 0 Å². The van der Waals surface area contributed by atoms with Crippen molar-refractivity contribution in [1.82, 2.24) is 4.90 Å². The molecule has 28 heavy (non-hydrogen) atoms. The van der Waals surface area contributed by atoms with Gasteiger partial charge in [0.05, 0.1) is 5.02 Å². The lowest BCUT2D eigenvalue weighted by molar-refractivity contribution is -0.116. The molecule has 5 nitrogen and oxygen atoms in total. The molecule has 146 valence electrons. The average molecular weight is 399 g/mol. The average Bonchev–Trinajstić information content (AvgIpc) is 3.01. The zero-order valence-corrected chi connectivity index (χ0v) is 17.0. The summed E-state index contributed by atoms with van der Waals surface area (Å²) in [5.74, 6) is -0.338.